The van der Waals surface area contributed by atoms with E-state index >= 15 is 0 Å². The first kappa shape index (κ1) is 17.9. The number of hydrogen-bond donors (Lipinski definition) is 2. The third-order valence-electron chi connectivity index (χ3n) is 3.75. The average Bonchev–Trinajstić information content (AvgIpc) is 2.84. The van der Waals surface area contributed by atoms with Crippen molar-refractivity contribution in [1.82, 2.24) is 10.2 Å². The molecule has 1 heterocycles. The first-order valence-electron chi connectivity index (χ1n) is 7.89. The SMILES string of the molecule is Cc1cccc(NC(=O)CN2C(=O)NC(=Cc3ccc(Br)cc3)C2=O)c1. The van der Waals surface area contributed by atoms with E-state index in [0.29, 0.717) is 5.69 Å². The van der Waals surface area contributed by atoms with Gasteiger partial charge in [0, 0.05) is 10.2 Å². The molecule has 2 aromatic rings. The van der Waals surface area contributed by atoms with E-state index in [1.165, 1.54) is 0 Å². The Morgan fingerprint density at radius 2 is 1.92 bits per heavy atom. The molecule has 1 fully saturated rings. The summed E-state index contributed by atoms with van der Waals surface area (Å²) in [6.07, 6.45) is 1.57. The average molecular weight is 414 g/mol. The lowest BCUT2D eigenvalue weighted by atomic mass is 10.2. The molecule has 3 rings (SSSR count). The summed E-state index contributed by atoms with van der Waals surface area (Å²) in [6.45, 7) is 1.56. The number of halogens is 1. The molecule has 6 nitrogen and oxygen atoms in total. The molecular formula is C19H16BrN3O3. The molecule has 4 amide bonds. The lowest BCUT2D eigenvalue weighted by Crippen LogP contribution is -2.38. The molecule has 0 saturated carbocycles. The molecule has 0 atom stereocenters. The summed E-state index contributed by atoms with van der Waals surface area (Å²) in [6, 6.07) is 14.0. The van der Waals surface area contributed by atoms with Gasteiger partial charge in [-0.2, -0.15) is 0 Å². The molecular weight excluding hydrogens is 398 g/mol. The van der Waals surface area contributed by atoms with Crippen LogP contribution in [0.2, 0.25) is 0 Å². The van der Waals surface area contributed by atoms with Gasteiger partial charge in [-0.3, -0.25) is 9.59 Å². The molecule has 7 heteroatoms. The predicted octanol–water partition coefficient (Wildman–Crippen LogP) is 3.29. The summed E-state index contributed by atoms with van der Waals surface area (Å²) in [5.74, 6) is -0.971. The number of benzene rings is 2. The number of imide groups is 1. The van der Waals surface area contributed by atoms with Crippen molar-refractivity contribution in [1.29, 1.82) is 0 Å². The number of urea groups is 1. The van der Waals surface area contributed by atoms with Crippen LogP contribution in [0.25, 0.3) is 6.08 Å². The Kier molecular flexibility index (Phi) is 5.18. The summed E-state index contributed by atoms with van der Waals surface area (Å²) in [7, 11) is 0. The summed E-state index contributed by atoms with van der Waals surface area (Å²) in [5.41, 5.74) is 2.52. The van der Waals surface area contributed by atoms with Crippen molar-refractivity contribution in [3.8, 4) is 0 Å². The van der Waals surface area contributed by atoms with Crippen LogP contribution in [0.5, 0.6) is 0 Å². The molecule has 2 N–H and O–H groups in total. The number of amides is 4. The number of anilines is 1. The van der Waals surface area contributed by atoms with Crippen molar-refractivity contribution < 1.29 is 14.4 Å². The Bertz CT molecular complexity index is 907. The largest absolute Gasteiger partial charge is 0.329 e. The van der Waals surface area contributed by atoms with Crippen LogP contribution in [0.3, 0.4) is 0 Å². The number of nitrogens with zero attached hydrogens (tertiary/aromatic N) is 1. The molecule has 1 aliphatic rings. The molecule has 0 aliphatic carbocycles. The topological polar surface area (TPSA) is 78.5 Å². The highest BCUT2D eigenvalue weighted by Crippen LogP contribution is 2.17. The number of carbonyl (C=O) groups is 3. The molecule has 26 heavy (non-hydrogen) atoms. The highest BCUT2D eigenvalue weighted by molar-refractivity contribution is 9.10. The third-order valence-corrected chi connectivity index (χ3v) is 4.28. The number of hydrogen-bond acceptors (Lipinski definition) is 3. The molecule has 1 saturated heterocycles. The number of carbonyl (C=O) groups excluding carboxylic acids is 3. The van der Waals surface area contributed by atoms with E-state index in [1.54, 1.807) is 12.1 Å². The van der Waals surface area contributed by atoms with Gasteiger partial charge in [-0.1, -0.05) is 40.2 Å². The fourth-order valence-corrected chi connectivity index (χ4v) is 2.77. The summed E-state index contributed by atoms with van der Waals surface area (Å²) < 4.78 is 0.913. The minimum absolute atomic E-state index is 0.140. The van der Waals surface area contributed by atoms with Crippen LogP contribution in [0.15, 0.2) is 58.7 Å². The quantitative estimate of drug-likeness (QED) is 0.596. The van der Waals surface area contributed by atoms with Gasteiger partial charge in [0.05, 0.1) is 0 Å². The molecule has 0 spiro atoms. The number of nitrogens with one attached hydrogen (secondary N) is 2. The van der Waals surface area contributed by atoms with Crippen LogP contribution in [-0.2, 0) is 9.59 Å². The Labute approximate surface area is 159 Å². The van der Waals surface area contributed by atoms with Crippen LogP contribution < -0.4 is 10.6 Å². The van der Waals surface area contributed by atoms with Crippen LogP contribution in [0.4, 0.5) is 10.5 Å². The van der Waals surface area contributed by atoms with Gasteiger partial charge in [0.25, 0.3) is 5.91 Å². The van der Waals surface area contributed by atoms with Gasteiger partial charge in [0.2, 0.25) is 5.91 Å². The maximum atomic E-state index is 12.4. The normalized spacial score (nSPS) is 15.3. The van der Waals surface area contributed by atoms with Crippen molar-refractivity contribution >= 4 is 45.5 Å². The Hall–Kier alpha value is -2.93. The monoisotopic (exact) mass is 413 g/mol. The lowest BCUT2D eigenvalue weighted by Gasteiger charge is -2.12. The van der Waals surface area contributed by atoms with Gasteiger partial charge in [-0.05, 0) is 48.4 Å². The van der Waals surface area contributed by atoms with Crippen LogP contribution in [0, 0.1) is 6.92 Å². The zero-order valence-corrected chi connectivity index (χ0v) is 15.5. The van der Waals surface area contributed by atoms with E-state index in [2.05, 4.69) is 26.6 Å². The lowest BCUT2D eigenvalue weighted by molar-refractivity contribution is -0.127. The first-order chi connectivity index (χ1) is 12.4. The molecule has 2 aromatic carbocycles. The Balaban J connectivity index is 1.69. The van der Waals surface area contributed by atoms with Crippen molar-refractivity contribution in [3.63, 3.8) is 0 Å². The minimum atomic E-state index is -0.613. The van der Waals surface area contributed by atoms with Crippen LogP contribution >= 0.6 is 15.9 Å². The maximum Gasteiger partial charge on any atom is 0.329 e. The maximum absolute atomic E-state index is 12.4. The van der Waals surface area contributed by atoms with Crippen LogP contribution in [0.1, 0.15) is 11.1 Å². The highest BCUT2D eigenvalue weighted by Gasteiger charge is 2.34. The molecule has 0 aromatic heterocycles. The van der Waals surface area contributed by atoms with Gasteiger partial charge >= 0.3 is 6.03 Å². The smallest absolute Gasteiger partial charge is 0.325 e. The molecule has 0 unspecified atom stereocenters. The van der Waals surface area contributed by atoms with Crippen LogP contribution in [-0.4, -0.2) is 29.3 Å². The second-order valence-electron chi connectivity index (χ2n) is 5.85. The fraction of sp³-hybridized carbons (Fsp3) is 0.105. The standard InChI is InChI=1S/C19H16BrN3O3/c1-12-3-2-4-15(9-12)21-17(24)11-23-18(25)16(22-19(23)26)10-13-5-7-14(20)8-6-13/h2-10H,11H2,1H3,(H,21,24)(H,22,26). The van der Waals surface area contributed by atoms with E-state index in [4.69, 9.17) is 0 Å². The Morgan fingerprint density at radius 3 is 2.62 bits per heavy atom. The first-order valence-corrected chi connectivity index (χ1v) is 8.68. The van der Waals surface area contributed by atoms with Gasteiger partial charge in [-0.15, -0.1) is 0 Å². The molecule has 132 valence electrons. The van der Waals surface area contributed by atoms with E-state index in [-0.39, 0.29) is 12.2 Å². The molecule has 1 aliphatic heterocycles. The molecule has 0 radical (unpaired) electrons. The summed E-state index contributed by atoms with van der Waals surface area (Å²) in [5, 5.41) is 5.19. The second kappa shape index (κ2) is 7.53. The predicted molar refractivity (Wildman–Crippen MR) is 102 cm³/mol. The van der Waals surface area contributed by atoms with E-state index in [9.17, 15) is 14.4 Å². The van der Waals surface area contributed by atoms with Crippen molar-refractivity contribution in [2.45, 2.75) is 6.92 Å². The van der Waals surface area contributed by atoms with Gasteiger partial charge in [-0.25, -0.2) is 9.69 Å². The zero-order chi connectivity index (χ0) is 18.7. The number of rotatable bonds is 4. The van der Waals surface area contributed by atoms with Crippen molar-refractivity contribution in [2.24, 2.45) is 0 Å². The van der Waals surface area contributed by atoms with Gasteiger partial charge < -0.3 is 10.6 Å². The third kappa shape index (κ3) is 4.18. The van der Waals surface area contributed by atoms with Crippen molar-refractivity contribution in [2.75, 3.05) is 11.9 Å². The Morgan fingerprint density at radius 1 is 1.19 bits per heavy atom. The summed E-state index contributed by atoms with van der Waals surface area (Å²) in [4.78, 5) is 37.5. The molecule has 0 bridgehead atoms. The van der Waals surface area contributed by atoms with E-state index in [0.717, 1.165) is 20.5 Å². The summed E-state index contributed by atoms with van der Waals surface area (Å²) >= 11 is 3.34. The van der Waals surface area contributed by atoms with E-state index in [1.807, 2.05) is 49.4 Å². The minimum Gasteiger partial charge on any atom is -0.325 e. The highest BCUT2D eigenvalue weighted by atomic mass is 79.9. The second-order valence-corrected chi connectivity index (χ2v) is 6.76. The zero-order valence-electron chi connectivity index (χ0n) is 14.0. The number of aryl methyl sites for hydroxylation is 1. The van der Waals surface area contributed by atoms with Gasteiger partial charge in [0.1, 0.15) is 12.2 Å². The van der Waals surface area contributed by atoms with E-state index < -0.39 is 17.8 Å². The van der Waals surface area contributed by atoms with Gasteiger partial charge in [0.15, 0.2) is 0 Å². The van der Waals surface area contributed by atoms with Crippen molar-refractivity contribution in [3.05, 3.63) is 69.8 Å². The fourth-order valence-electron chi connectivity index (χ4n) is 2.51.